The molecule has 2 aromatic rings. The molecule has 1 aliphatic carbocycles. The molecule has 3 nitrogen and oxygen atoms in total. The summed E-state index contributed by atoms with van der Waals surface area (Å²) < 4.78 is 5.40. The number of carbonyl (C=O) groups excluding carboxylic acids is 1. The van der Waals surface area contributed by atoms with E-state index in [1.807, 2.05) is 6.07 Å². The average molecular weight is 378 g/mol. The molecule has 3 heteroatoms. The third-order valence-corrected chi connectivity index (χ3v) is 6.60. The van der Waals surface area contributed by atoms with E-state index in [0.717, 1.165) is 42.2 Å². The highest BCUT2D eigenvalue weighted by molar-refractivity contribution is 6.02. The molecule has 1 aliphatic heterocycles. The van der Waals surface area contributed by atoms with E-state index in [9.17, 15) is 4.79 Å². The van der Waals surface area contributed by atoms with Crippen molar-refractivity contribution in [2.75, 3.05) is 20.2 Å². The van der Waals surface area contributed by atoms with Gasteiger partial charge in [-0.1, -0.05) is 36.4 Å². The number of ether oxygens (including phenoxy) is 1. The molecule has 0 radical (unpaired) electrons. The SMILES string of the molecule is COc1cc2c(cc1C)CC(CCC1CCN(Cc3ccccc3)CC1)C2=O. The second kappa shape index (κ2) is 8.48. The van der Waals surface area contributed by atoms with Gasteiger partial charge in [-0.05, 0) is 80.8 Å². The zero-order valence-electron chi connectivity index (χ0n) is 17.1. The van der Waals surface area contributed by atoms with E-state index < -0.39 is 0 Å². The van der Waals surface area contributed by atoms with Crippen LogP contribution in [0.5, 0.6) is 5.75 Å². The monoisotopic (exact) mass is 377 g/mol. The molecule has 2 aliphatic rings. The van der Waals surface area contributed by atoms with Crippen molar-refractivity contribution in [3.63, 3.8) is 0 Å². The molecule has 4 rings (SSSR count). The smallest absolute Gasteiger partial charge is 0.166 e. The van der Waals surface area contributed by atoms with E-state index >= 15 is 0 Å². The Hall–Kier alpha value is -2.13. The van der Waals surface area contributed by atoms with Crippen molar-refractivity contribution >= 4 is 5.78 Å². The van der Waals surface area contributed by atoms with Gasteiger partial charge in [0.1, 0.15) is 5.75 Å². The molecule has 2 aromatic carbocycles. The zero-order valence-corrected chi connectivity index (χ0v) is 17.1. The first-order valence-electron chi connectivity index (χ1n) is 10.6. The topological polar surface area (TPSA) is 29.5 Å². The Morgan fingerprint density at radius 3 is 2.54 bits per heavy atom. The van der Waals surface area contributed by atoms with Crippen LogP contribution >= 0.6 is 0 Å². The van der Waals surface area contributed by atoms with Crippen molar-refractivity contribution in [2.45, 2.75) is 45.6 Å². The van der Waals surface area contributed by atoms with E-state index in [4.69, 9.17) is 4.74 Å². The molecule has 0 bridgehead atoms. The summed E-state index contributed by atoms with van der Waals surface area (Å²) in [6, 6.07) is 14.9. The summed E-state index contributed by atoms with van der Waals surface area (Å²) in [4.78, 5) is 15.4. The van der Waals surface area contributed by atoms with Crippen LogP contribution in [0.4, 0.5) is 0 Å². The number of aryl methyl sites for hydroxylation is 1. The lowest BCUT2D eigenvalue weighted by Crippen LogP contribution is -2.33. The fourth-order valence-corrected chi connectivity index (χ4v) is 4.89. The van der Waals surface area contributed by atoms with Gasteiger partial charge in [0.25, 0.3) is 0 Å². The molecular weight excluding hydrogens is 346 g/mol. The number of hydrogen-bond acceptors (Lipinski definition) is 3. The summed E-state index contributed by atoms with van der Waals surface area (Å²) in [5.41, 5.74) is 4.64. The first-order chi connectivity index (χ1) is 13.6. The average Bonchev–Trinajstić information content (AvgIpc) is 3.02. The lowest BCUT2D eigenvalue weighted by Gasteiger charge is -2.32. The van der Waals surface area contributed by atoms with Crippen LogP contribution < -0.4 is 4.74 Å². The number of methoxy groups -OCH3 is 1. The number of likely N-dealkylation sites (tertiary alicyclic amines) is 1. The number of fused-ring (bicyclic) bond motifs is 1. The number of hydrogen-bond donors (Lipinski definition) is 0. The second-order valence-electron chi connectivity index (χ2n) is 8.53. The minimum atomic E-state index is 0.170. The Balaban J connectivity index is 1.26. The first kappa shape index (κ1) is 19.2. The maximum atomic E-state index is 12.8. The van der Waals surface area contributed by atoms with Gasteiger partial charge in [-0.25, -0.2) is 0 Å². The van der Waals surface area contributed by atoms with Crippen molar-refractivity contribution in [3.05, 3.63) is 64.7 Å². The fourth-order valence-electron chi connectivity index (χ4n) is 4.89. The molecular formula is C25H31NO2. The van der Waals surface area contributed by atoms with E-state index in [1.165, 1.54) is 43.5 Å². The predicted octanol–water partition coefficient (Wildman–Crippen LogP) is 5.05. The van der Waals surface area contributed by atoms with Gasteiger partial charge in [-0.3, -0.25) is 9.69 Å². The minimum Gasteiger partial charge on any atom is -0.496 e. The van der Waals surface area contributed by atoms with Crippen LogP contribution in [0.25, 0.3) is 0 Å². The number of carbonyl (C=O) groups is 1. The molecule has 0 aromatic heterocycles. The van der Waals surface area contributed by atoms with Crippen LogP contribution in [-0.4, -0.2) is 30.9 Å². The van der Waals surface area contributed by atoms with Crippen LogP contribution in [0.15, 0.2) is 42.5 Å². The van der Waals surface area contributed by atoms with E-state index in [-0.39, 0.29) is 5.92 Å². The van der Waals surface area contributed by atoms with Gasteiger partial charge >= 0.3 is 0 Å². The molecule has 1 saturated heterocycles. The third-order valence-electron chi connectivity index (χ3n) is 6.60. The van der Waals surface area contributed by atoms with Crippen LogP contribution in [0.3, 0.4) is 0 Å². The zero-order chi connectivity index (χ0) is 19.5. The Morgan fingerprint density at radius 1 is 1.07 bits per heavy atom. The van der Waals surface area contributed by atoms with E-state index in [2.05, 4.69) is 48.2 Å². The van der Waals surface area contributed by atoms with Crippen LogP contribution in [0.1, 0.15) is 52.7 Å². The number of Topliss-reactive ketones (excluding diaryl/α,β-unsaturated/α-hetero) is 1. The van der Waals surface area contributed by atoms with Gasteiger partial charge < -0.3 is 4.74 Å². The van der Waals surface area contributed by atoms with E-state index in [1.54, 1.807) is 7.11 Å². The molecule has 28 heavy (non-hydrogen) atoms. The summed E-state index contributed by atoms with van der Waals surface area (Å²) in [6.07, 6.45) is 5.63. The quantitative estimate of drug-likeness (QED) is 0.705. The molecule has 0 N–H and O–H groups in total. The summed E-state index contributed by atoms with van der Waals surface area (Å²) in [7, 11) is 1.68. The standard InChI is InChI=1S/C25H31NO2/c1-18-14-22-15-21(25(27)23(22)16-24(18)28-2)9-8-19-10-12-26(13-11-19)17-20-6-4-3-5-7-20/h3-7,14,16,19,21H,8-13,15,17H2,1-2H3. The number of ketones is 1. The maximum Gasteiger partial charge on any atom is 0.166 e. The number of benzene rings is 2. The summed E-state index contributed by atoms with van der Waals surface area (Å²) in [5.74, 6) is 2.09. The van der Waals surface area contributed by atoms with Crippen LogP contribution in [0, 0.1) is 18.8 Å². The lowest BCUT2D eigenvalue weighted by molar-refractivity contribution is 0.0919. The fraction of sp³-hybridized carbons (Fsp3) is 0.480. The third kappa shape index (κ3) is 4.15. The molecule has 0 amide bonds. The Morgan fingerprint density at radius 2 is 1.82 bits per heavy atom. The minimum absolute atomic E-state index is 0.170. The second-order valence-corrected chi connectivity index (χ2v) is 8.53. The summed E-state index contributed by atoms with van der Waals surface area (Å²) >= 11 is 0. The Labute approximate surface area is 168 Å². The van der Waals surface area contributed by atoms with Crippen molar-refractivity contribution in [2.24, 2.45) is 11.8 Å². The molecule has 0 spiro atoms. The van der Waals surface area contributed by atoms with Crippen LogP contribution in [-0.2, 0) is 13.0 Å². The highest BCUT2D eigenvalue weighted by atomic mass is 16.5. The van der Waals surface area contributed by atoms with Crippen molar-refractivity contribution in [3.8, 4) is 5.75 Å². The van der Waals surface area contributed by atoms with Gasteiger partial charge in [-0.2, -0.15) is 0 Å². The predicted molar refractivity (Wildman–Crippen MR) is 113 cm³/mol. The molecule has 1 unspecified atom stereocenters. The maximum absolute atomic E-state index is 12.8. The van der Waals surface area contributed by atoms with E-state index in [0.29, 0.717) is 5.78 Å². The first-order valence-corrected chi connectivity index (χ1v) is 10.6. The number of rotatable bonds is 6. The van der Waals surface area contributed by atoms with Crippen molar-refractivity contribution in [1.82, 2.24) is 4.90 Å². The highest BCUT2D eigenvalue weighted by Crippen LogP contribution is 2.35. The molecule has 1 heterocycles. The van der Waals surface area contributed by atoms with Gasteiger partial charge in [-0.15, -0.1) is 0 Å². The van der Waals surface area contributed by atoms with Crippen LogP contribution in [0.2, 0.25) is 0 Å². The molecule has 1 atom stereocenters. The van der Waals surface area contributed by atoms with Gasteiger partial charge in [0, 0.05) is 18.0 Å². The molecule has 0 saturated carbocycles. The van der Waals surface area contributed by atoms with Gasteiger partial charge in [0.05, 0.1) is 7.11 Å². The highest BCUT2D eigenvalue weighted by Gasteiger charge is 2.32. The largest absolute Gasteiger partial charge is 0.496 e. The van der Waals surface area contributed by atoms with Gasteiger partial charge in [0.2, 0.25) is 0 Å². The Kier molecular flexibility index (Phi) is 5.82. The normalized spacial score (nSPS) is 20.4. The number of piperidine rings is 1. The summed E-state index contributed by atoms with van der Waals surface area (Å²) in [5, 5.41) is 0. The molecule has 1 fully saturated rings. The summed E-state index contributed by atoms with van der Waals surface area (Å²) in [6.45, 7) is 5.47. The van der Waals surface area contributed by atoms with Gasteiger partial charge in [0.15, 0.2) is 5.78 Å². The molecule has 148 valence electrons. The lowest BCUT2D eigenvalue weighted by atomic mass is 9.87. The number of nitrogens with zero attached hydrogens (tertiary/aromatic N) is 1. The van der Waals surface area contributed by atoms with Crippen molar-refractivity contribution in [1.29, 1.82) is 0 Å². The Bertz CT molecular complexity index is 822. The van der Waals surface area contributed by atoms with Crippen molar-refractivity contribution < 1.29 is 9.53 Å².